The molecule has 0 unspecified atom stereocenters. The summed E-state index contributed by atoms with van der Waals surface area (Å²) in [6.45, 7) is -0.604. The molecule has 6 nitrogen and oxygen atoms in total. The number of amides is 2. The van der Waals surface area contributed by atoms with E-state index in [-0.39, 0.29) is 17.8 Å². The second-order valence-electron chi connectivity index (χ2n) is 5.06. The molecule has 0 saturated heterocycles. The topological polar surface area (TPSA) is 105 Å². The normalized spacial score (nSPS) is 11.8. The summed E-state index contributed by atoms with van der Waals surface area (Å²) < 4.78 is 14.8. The quantitative estimate of drug-likeness (QED) is 0.580. The Labute approximate surface area is 151 Å². The molecule has 1 heterocycles. The van der Waals surface area contributed by atoms with Gasteiger partial charge in [-0.3, -0.25) is 14.6 Å². The van der Waals surface area contributed by atoms with Gasteiger partial charge in [0, 0.05) is 27.9 Å². The molecule has 0 bridgehead atoms. The molecular weight excluding hydrogens is 428 g/mol. The average Bonchev–Trinajstić information content (AvgIpc) is 2.55. The number of aliphatic hydroxyl groups excluding tert-OH is 1. The van der Waals surface area contributed by atoms with Crippen LogP contribution in [0.15, 0.2) is 36.7 Å². The van der Waals surface area contributed by atoms with Crippen molar-refractivity contribution in [2.24, 2.45) is 5.73 Å². The molecule has 0 radical (unpaired) electrons. The van der Waals surface area contributed by atoms with Gasteiger partial charge in [-0.05, 0) is 51.9 Å². The van der Waals surface area contributed by atoms with E-state index < -0.39 is 24.5 Å². The van der Waals surface area contributed by atoms with Crippen molar-refractivity contribution < 1.29 is 19.1 Å². The van der Waals surface area contributed by atoms with Gasteiger partial charge in [-0.2, -0.15) is 0 Å². The molecule has 0 aliphatic carbocycles. The van der Waals surface area contributed by atoms with Crippen LogP contribution in [0.3, 0.4) is 0 Å². The van der Waals surface area contributed by atoms with Gasteiger partial charge in [0.1, 0.15) is 11.9 Å². The van der Waals surface area contributed by atoms with E-state index in [0.29, 0.717) is 11.1 Å². The number of carbonyl (C=O) groups is 2. The lowest BCUT2D eigenvalue weighted by atomic mass is 10.0. The van der Waals surface area contributed by atoms with Crippen LogP contribution in [0.5, 0.6) is 0 Å². The maximum atomic E-state index is 14.0. The highest BCUT2D eigenvalue weighted by atomic mass is 127. The summed E-state index contributed by atoms with van der Waals surface area (Å²) in [7, 11) is 0. The van der Waals surface area contributed by atoms with Crippen LogP contribution in [0, 0.1) is 9.39 Å². The number of rotatable bonds is 6. The summed E-state index contributed by atoms with van der Waals surface area (Å²) in [4.78, 5) is 27.4. The van der Waals surface area contributed by atoms with E-state index in [0.717, 1.165) is 3.57 Å². The van der Waals surface area contributed by atoms with Crippen molar-refractivity contribution in [3.8, 4) is 0 Å². The molecule has 0 aliphatic heterocycles. The van der Waals surface area contributed by atoms with E-state index >= 15 is 0 Å². The van der Waals surface area contributed by atoms with Gasteiger partial charge in [-0.25, -0.2) is 4.39 Å². The maximum absolute atomic E-state index is 14.0. The molecule has 0 spiro atoms. The first-order valence-electron chi connectivity index (χ1n) is 7.00. The molecule has 0 aliphatic rings. The van der Waals surface area contributed by atoms with Crippen LogP contribution < -0.4 is 11.1 Å². The molecule has 2 amide bonds. The van der Waals surface area contributed by atoms with Crippen LogP contribution >= 0.6 is 22.6 Å². The van der Waals surface area contributed by atoms with Crippen molar-refractivity contribution in [1.29, 1.82) is 0 Å². The Bertz CT molecular complexity index is 770. The standard InChI is InChI=1S/C16H15FIN3O3/c17-13-6-11(18)2-1-9(13)5-10-7-20-4-3-12(10)16(24)21-14(8-22)15(19)23/h1-4,6-7,14,22H,5,8H2,(H2,19,23)(H,21,24)/t14-/m0/s1. The van der Waals surface area contributed by atoms with Gasteiger partial charge in [0.25, 0.3) is 5.91 Å². The fourth-order valence-corrected chi connectivity index (χ4v) is 2.56. The Morgan fingerprint density at radius 3 is 2.71 bits per heavy atom. The average molecular weight is 443 g/mol. The summed E-state index contributed by atoms with van der Waals surface area (Å²) in [6, 6.07) is 5.09. The number of nitrogens with two attached hydrogens (primary N) is 1. The summed E-state index contributed by atoms with van der Waals surface area (Å²) in [5, 5.41) is 11.4. The van der Waals surface area contributed by atoms with Gasteiger partial charge in [0.15, 0.2) is 0 Å². The number of carbonyl (C=O) groups excluding carboxylic acids is 2. The molecule has 126 valence electrons. The van der Waals surface area contributed by atoms with Gasteiger partial charge in [-0.1, -0.05) is 6.07 Å². The lowest BCUT2D eigenvalue weighted by Gasteiger charge is -2.14. The molecule has 1 atom stereocenters. The molecule has 8 heteroatoms. The number of nitrogens with zero attached hydrogens (tertiary/aromatic N) is 1. The third-order valence-electron chi connectivity index (χ3n) is 3.38. The smallest absolute Gasteiger partial charge is 0.252 e. The minimum absolute atomic E-state index is 0.166. The Morgan fingerprint density at radius 2 is 2.08 bits per heavy atom. The summed E-state index contributed by atoms with van der Waals surface area (Å²) in [5.41, 5.74) is 6.25. The van der Waals surface area contributed by atoms with Gasteiger partial charge >= 0.3 is 0 Å². The number of nitrogens with one attached hydrogen (secondary N) is 1. The predicted molar refractivity (Wildman–Crippen MR) is 93.7 cm³/mol. The fourth-order valence-electron chi connectivity index (χ4n) is 2.10. The lowest BCUT2D eigenvalue weighted by molar-refractivity contribution is -0.120. The summed E-state index contributed by atoms with van der Waals surface area (Å²) >= 11 is 2.01. The van der Waals surface area contributed by atoms with Crippen LogP contribution in [-0.4, -0.2) is 34.6 Å². The molecule has 4 N–H and O–H groups in total. The molecule has 1 aromatic carbocycles. The van der Waals surface area contributed by atoms with Crippen molar-refractivity contribution in [2.75, 3.05) is 6.61 Å². The van der Waals surface area contributed by atoms with Crippen molar-refractivity contribution in [3.63, 3.8) is 0 Å². The number of hydrogen-bond donors (Lipinski definition) is 3. The van der Waals surface area contributed by atoms with Crippen LogP contribution in [-0.2, 0) is 11.2 Å². The third-order valence-corrected chi connectivity index (χ3v) is 4.05. The number of aromatic nitrogens is 1. The molecule has 2 aromatic rings. The zero-order valence-corrected chi connectivity index (χ0v) is 14.7. The maximum Gasteiger partial charge on any atom is 0.252 e. The number of aliphatic hydroxyl groups is 1. The summed E-state index contributed by atoms with van der Waals surface area (Å²) in [6.07, 6.45) is 3.05. The van der Waals surface area contributed by atoms with Gasteiger partial charge in [-0.15, -0.1) is 0 Å². The van der Waals surface area contributed by atoms with Crippen LogP contribution in [0.4, 0.5) is 4.39 Å². The molecule has 24 heavy (non-hydrogen) atoms. The molecule has 0 saturated carbocycles. The van der Waals surface area contributed by atoms with Gasteiger partial charge in [0.2, 0.25) is 5.91 Å². The summed E-state index contributed by atoms with van der Waals surface area (Å²) in [5.74, 6) is -1.80. The third kappa shape index (κ3) is 4.48. The fraction of sp³-hybridized carbons (Fsp3) is 0.188. The molecule has 0 fully saturated rings. The largest absolute Gasteiger partial charge is 0.394 e. The second-order valence-corrected chi connectivity index (χ2v) is 6.30. The van der Waals surface area contributed by atoms with E-state index in [4.69, 9.17) is 10.8 Å². The SMILES string of the molecule is NC(=O)[C@H](CO)NC(=O)c1ccncc1Cc1ccc(I)cc1F. The first-order valence-corrected chi connectivity index (χ1v) is 8.08. The lowest BCUT2D eigenvalue weighted by Crippen LogP contribution is -2.47. The Hall–Kier alpha value is -2.07. The number of primary amides is 1. The Balaban J connectivity index is 2.26. The van der Waals surface area contributed by atoms with Crippen LogP contribution in [0.2, 0.25) is 0 Å². The first-order chi connectivity index (χ1) is 11.4. The first kappa shape index (κ1) is 18.3. The van der Waals surface area contributed by atoms with Crippen molar-refractivity contribution in [3.05, 3.63) is 62.7 Å². The van der Waals surface area contributed by atoms with Crippen LogP contribution in [0.25, 0.3) is 0 Å². The van der Waals surface area contributed by atoms with Gasteiger partial charge in [0.05, 0.1) is 6.61 Å². The second kappa shape index (κ2) is 8.15. The van der Waals surface area contributed by atoms with Crippen molar-refractivity contribution >= 4 is 34.4 Å². The molecular formula is C16H15FIN3O3. The minimum atomic E-state index is -1.19. The van der Waals surface area contributed by atoms with Crippen molar-refractivity contribution in [1.82, 2.24) is 10.3 Å². The highest BCUT2D eigenvalue weighted by Gasteiger charge is 2.20. The number of pyridine rings is 1. The van der Waals surface area contributed by atoms with E-state index in [1.54, 1.807) is 12.1 Å². The van der Waals surface area contributed by atoms with E-state index in [2.05, 4.69) is 10.3 Å². The molecule has 1 aromatic heterocycles. The minimum Gasteiger partial charge on any atom is -0.394 e. The highest BCUT2D eigenvalue weighted by molar-refractivity contribution is 14.1. The van der Waals surface area contributed by atoms with Crippen LogP contribution in [0.1, 0.15) is 21.5 Å². The van der Waals surface area contributed by atoms with Crippen molar-refractivity contribution in [2.45, 2.75) is 12.5 Å². The number of halogens is 2. The van der Waals surface area contributed by atoms with Gasteiger partial charge < -0.3 is 16.2 Å². The highest BCUT2D eigenvalue weighted by Crippen LogP contribution is 2.18. The monoisotopic (exact) mass is 443 g/mol. The Morgan fingerprint density at radius 1 is 1.33 bits per heavy atom. The van der Waals surface area contributed by atoms with E-state index in [1.165, 1.54) is 24.5 Å². The zero-order chi connectivity index (χ0) is 17.7. The Kier molecular flexibility index (Phi) is 6.21. The van der Waals surface area contributed by atoms with E-state index in [9.17, 15) is 14.0 Å². The zero-order valence-electron chi connectivity index (χ0n) is 12.5. The van der Waals surface area contributed by atoms with E-state index in [1.807, 2.05) is 22.6 Å². The molecule has 2 rings (SSSR count). The number of benzene rings is 1. The predicted octanol–water partition coefficient (Wildman–Crippen LogP) is 0.992. The number of hydrogen-bond acceptors (Lipinski definition) is 4.